The largest absolute Gasteiger partial charge is 0.467 e. The molecule has 1 aromatic rings. The molecule has 8 heteroatoms. The highest BCUT2D eigenvalue weighted by Crippen LogP contribution is 1.98. The number of furan rings is 1. The van der Waals surface area contributed by atoms with E-state index in [1.54, 1.807) is 20.4 Å². The number of likely N-dealkylation sites (N-methyl/N-ethyl adjacent to an activating group) is 1. The number of nitrogens with zero attached hydrogens (tertiary/aromatic N) is 3. The van der Waals surface area contributed by atoms with Gasteiger partial charge >= 0.3 is 0 Å². The van der Waals surface area contributed by atoms with E-state index in [0.717, 1.165) is 45.2 Å². The fourth-order valence-corrected chi connectivity index (χ4v) is 2.20. The number of hydrogen-bond donors (Lipinski definition) is 2. The molecule has 0 unspecified atom stereocenters. The zero-order valence-electron chi connectivity index (χ0n) is 14.5. The minimum Gasteiger partial charge on any atom is -0.467 e. The highest BCUT2D eigenvalue weighted by Gasteiger charge is 2.10. The van der Waals surface area contributed by atoms with Gasteiger partial charge in [-0.15, -0.1) is 0 Å². The number of nitrogens with one attached hydrogen (secondary N) is 2. The first kappa shape index (κ1) is 18.3. The first-order valence-electron chi connectivity index (χ1n) is 8.20. The van der Waals surface area contributed by atoms with Crippen molar-refractivity contribution in [1.29, 1.82) is 0 Å². The van der Waals surface area contributed by atoms with Crippen molar-refractivity contribution in [2.75, 3.05) is 60.0 Å². The fraction of sp³-hybridized carbons (Fsp3) is 0.625. The summed E-state index contributed by atoms with van der Waals surface area (Å²) in [5, 5.41) is 6.45. The highest BCUT2D eigenvalue weighted by atomic mass is 16.5. The van der Waals surface area contributed by atoms with E-state index in [1.807, 2.05) is 12.1 Å². The van der Waals surface area contributed by atoms with Crippen LogP contribution in [0.25, 0.3) is 0 Å². The van der Waals surface area contributed by atoms with E-state index in [-0.39, 0.29) is 12.5 Å². The first-order chi connectivity index (χ1) is 11.6. The number of amides is 1. The number of ether oxygens (including phenoxy) is 1. The molecular weight excluding hydrogens is 310 g/mol. The number of hydrogen-bond acceptors (Lipinski definition) is 5. The van der Waals surface area contributed by atoms with Crippen molar-refractivity contribution in [3.05, 3.63) is 24.2 Å². The number of guanidine groups is 1. The van der Waals surface area contributed by atoms with Crippen LogP contribution in [-0.4, -0.2) is 81.7 Å². The third-order valence-electron chi connectivity index (χ3n) is 3.71. The lowest BCUT2D eigenvalue weighted by Gasteiger charge is -2.26. The zero-order chi connectivity index (χ0) is 17.2. The molecule has 1 saturated heterocycles. The zero-order valence-corrected chi connectivity index (χ0v) is 14.5. The minimum absolute atomic E-state index is 0.0396. The number of rotatable bonds is 7. The molecule has 1 aliphatic rings. The molecule has 1 amide bonds. The van der Waals surface area contributed by atoms with E-state index in [9.17, 15) is 4.79 Å². The van der Waals surface area contributed by atoms with Gasteiger partial charge in [0.2, 0.25) is 5.91 Å². The molecule has 2 rings (SSSR count). The molecule has 0 aliphatic carbocycles. The van der Waals surface area contributed by atoms with Crippen molar-refractivity contribution in [3.63, 3.8) is 0 Å². The Bertz CT molecular complexity index is 510. The highest BCUT2D eigenvalue weighted by molar-refractivity contribution is 5.84. The monoisotopic (exact) mass is 337 g/mol. The molecule has 0 atom stereocenters. The van der Waals surface area contributed by atoms with E-state index in [2.05, 4.69) is 20.5 Å². The third kappa shape index (κ3) is 6.59. The lowest BCUT2D eigenvalue weighted by Crippen LogP contribution is -2.44. The van der Waals surface area contributed by atoms with Crippen molar-refractivity contribution in [2.24, 2.45) is 4.99 Å². The predicted molar refractivity (Wildman–Crippen MR) is 91.8 cm³/mol. The molecule has 1 aliphatic heterocycles. The molecule has 0 bridgehead atoms. The van der Waals surface area contributed by atoms with Crippen LogP contribution in [0, 0.1) is 0 Å². The molecular formula is C16H27N5O3. The molecule has 0 spiro atoms. The van der Waals surface area contributed by atoms with Crippen LogP contribution >= 0.6 is 0 Å². The predicted octanol–water partition coefficient (Wildman–Crippen LogP) is -0.265. The fourth-order valence-electron chi connectivity index (χ4n) is 2.20. The quantitative estimate of drug-likeness (QED) is 0.527. The van der Waals surface area contributed by atoms with E-state index in [1.165, 1.54) is 4.90 Å². The summed E-state index contributed by atoms with van der Waals surface area (Å²) in [7, 11) is 3.44. The van der Waals surface area contributed by atoms with Crippen molar-refractivity contribution < 1.29 is 13.9 Å². The number of carbonyl (C=O) groups excluding carboxylic acids is 1. The van der Waals surface area contributed by atoms with E-state index >= 15 is 0 Å². The summed E-state index contributed by atoms with van der Waals surface area (Å²) in [5.74, 6) is 1.38. The Balaban J connectivity index is 1.81. The second kappa shape index (κ2) is 9.94. The van der Waals surface area contributed by atoms with Gasteiger partial charge < -0.3 is 24.7 Å². The Labute approximate surface area is 142 Å². The Morgan fingerprint density at radius 3 is 2.79 bits per heavy atom. The van der Waals surface area contributed by atoms with E-state index < -0.39 is 0 Å². The number of aliphatic imine (C=N–C) groups is 1. The maximum absolute atomic E-state index is 11.7. The van der Waals surface area contributed by atoms with Crippen LogP contribution < -0.4 is 10.6 Å². The Morgan fingerprint density at radius 1 is 1.33 bits per heavy atom. The van der Waals surface area contributed by atoms with Gasteiger partial charge in [-0.3, -0.25) is 9.69 Å². The summed E-state index contributed by atoms with van der Waals surface area (Å²) in [6.07, 6.45) is 1.63. The molecule has 2 heterocycles. The SMILES string of the molecule is CN(C)C(=O)CN=C(NCCN1CCOCC1)NCc1ccco1. The van der Waals surface area contributed by atoms with Crippen molar-refractivity contribution in [3.8, 4) is 0 Å². The second-order valence-electron chi connectivity index (χ2n) is 5.77. The van der Waals surface area contributed by atoms with Crippen LogP contribution in [0.5, 0.6) is 0 Å². The maximum Gasteiger partial charge on any atom is 0.243 e. The standard InChI is InChI=1S/C16H27N5O3/c1-20(2)15(22)13-19-16(18-12-14-4-3-9-24-14)17-5-6-21-7-10-23-11-8-21/h3-4,9H,5-8,10-13H2,1-2H3,(H2,17,18,19). The molecule has 134 valence electrons. The molecule has 24 heavy (non-hydrogen) atoms. The Hall–Kier alpha value is -2.06. The number of carbonyl (C=O) groups is 1. The average Bonchev–Trinajstić information content (AvgIpc) is 3.10. The molecule has 2 N–H and O–H groups in total. The lowest BCUT2D eigenvalue weighted by molar-refractivity contribution is -0.127. The smallest absolute Gasteiger partial charge is 0.243 e. The van der Waals surface area contributed by atoms with Crippen molar-refractivity contribution in [2.45, 2.75) is 6.54 Å². The first-order valence-corrected chi connectivity index (χ1v) is 8.20. The van der Waals surface area contributed by atoms with Gasteiger partial charge in [-0.25, -0.2) is 4.99 Å². The van der Waals surface area contributed by atoms with Gasteiger partial charge in [0, 0.05) is 40.3 Å². The molecule has 1 fully saturated rings. The van der Waals surface area contributed by atoms with Gasteiger partial charge in [0.1, 0.15) is 12.3 Å². The maximum atomic E-state index is 11.7. The third-order valence-corrected chi connectivity index (χ3v) is 3.71. The minimum atomic E-state index is -0.0396. The normalized spacial score (nSPS) is 16.0. The number of morpholine rings is 1. The van der Waals surface area contributed by atoms with Crippen LogP contribution in [0.2, 0.25) is 0 Å². The summed E-state index contributed by atoms with van der Waals surface area (Å²) >= 11 is 0. The van der Waals surface area contributed by atoms with Gasteiger partial charge in [-0.05, 0) is 12.1 Å². The average molecular weight is 337 g/mol. The summed E-state index contributed by atoms with van der Waals surface area (Å²) in [5.41, 5.74) is 0. The van der Waals surface area contributed by atoms with E-state index in [0.29, 0.717) is 12.5 Å². The summed E-state index contributed by atoms with van der Waals surface area (Å²) in [6, 6.07) is 3.73. The van der Waals surface area contributed by atoms with Crippen LogP contribution in [0.15, 0.2) is 27.8 Å². The Morgan fingerprint density at radius 2 is 2.12 bits per heavy atom. The summed E-state index contributed by atoms with van der Waals surface area (Å²) in [4.78, 5) is 19.9. The van der Waals surface area contributed by atoms with Gasteiger partial charge in [-0.2, -0.15) is 0 Å². The lowest BCUT2D eigenvalue weighted by atomic mass is 10.4. The van der Waals surface area contributed by atoms with Crippen molar-refractivity contribution >= 4 is 11.9 Å². The second-order valence-corrected chi connectivity index (χ2v) is 5.77. The summed E-state index contributed by atoms with van der Waals surface area (Å²) in [6.45, 7) is 5.77. The van der Waals surface area contributed by atoms with E-state index in [4.69, 9.17) is 9.15 Å². The molecule has 8 nitrogen and oxygen atoms in total. The molecule has 0 aromatic carbocycles. The van der Waals surface area contributed by atoms with Crippen LogP contribution in [0.1, 0.15) is 5.76 Å². The Kier molecular flexibility index (Phi) is 7.57. The van der Waals surface area contributed by atoms with Crippen LogP contribution in [0.4, 0.5) is 0 Å². The topological polar surface area (TPSA) is 82.3 Å². The van der Waals surface area contributed by atoms with Crippen LogP contribution in [-0.2, 0) is 16.1 Å². The van der Waals surface area contributed by atoms with Crippen molar-refractivity contribution in [1.82, 2.24) is 20.4 Å². The molecule has 1 aromatic heterocycles. The van der Waals surface area contributed by atoms with Gasteiger partial charge in [0.05, 0.1) is 26.0 Å². The molecule has 0 radical (unpaired) electrons. The van der Waals surface area contributed by atoms with Crippen LogP contribution in [0.3, 0.4) is 0 Å². The summed E-state index contributed by atoms with van der Waals surface area (Å²) < 4.78 is 10.6. The van der Waals surface area contributed by atoms with Gasteiger partial charge in [0.25, 0.3) is 0 Å². The molecule has 0 saturated carbocycles. The van der Waals surface area contributed by atoms with Gasteiger partial charge in [-0.1, -0.05) is 0 Å². The van der Waals surface area contributed by atoms with Gasteiger partial charge in [0.15, 0.2) is 5.96 Å².